The van der Waals surface area contributed by atoms with E-state index < -0.39 is 0 Å². The molecule has 0 spiro atoms. The fourth-order valence-corrected chi connectivity index (χ4v) is 3.73. The summed E-state index contributed by atoms with van der Waals surface area (Å²) in [6.07, 6.45) is 0. The zero-order valence-corrected chi connectivity index (χ0v) is 15.4. The van der Waals surface area contributed by atoms with Crippen molar-refractivity contribution < 1.29 is 0 Å². The number of anilines is 3. The fourth-order valence-electron chi connectivity index (χ4n) is 3.24. The van der Waals surface area contributed by atoms with Crippen LogP contribution in [0.5, 0.6) is 0 Å². The van der Waals surface area contributed by atoms with Crippen molar-refractivity contribution in [3.63, 3.8) is 0 Å². The zero-order chi connectivity index (χ0) is 17.1. The molecule has 0 N–H and O–H groups in total. The van der Waals surface area contributed by atoms with Crippen molar-refractivity contribution in [2.75, 3.05) is 4.90 Å². The van der Waals surface area contributed by atoms with Crippen LogP contribution in [0.1, 0.15) is 5.56 Å². The topological polar surface area (TPSA) is 3.24 Å². The molecule has 0 amide bonds. The van der Waals surface area contributed by atoms with Gasteiger partial charge in [0.2, 0.25) is 0 Å². The molecular weight excluding hydrogens is 370 g/mol. The zero-order valence-electron chi connectivity index (χ0n) is 13.8. The first kappa shape index (κ1) is 15.9. The minimum Gasteiger partial charge on any atom is -0.310 e. The molecule has 0 heterocycles. The highest BCUT2D eigenvalue weighted by Gasteiger charge is 2.15. The molecule has 25 heavy (non-hydrogen) atoms. The second-order valence-corrected chi connectivity index (χ2v) is 6.49. The van der Waals surface area contributed by atoms with E-state index in [0.29, 0.717) is 0 Å². The van der Waals surface area contributed by atoms with Crippen LogP contribution in [-0.2, 0) is 5.33 Å². The number of nitrogens with zero attached hydrogens (tertiary/aromatic N) is 1. The van der Waals surface area contributed by atoms with Gasteiger partial charge in [-0.15, -0.1) is 0 Å². The van der Waals surface area contributed by atoms with Crippen LogP contribution in [0.3, 0.4) is 0 Å². The molecule has 0 bridgehead atoms. The van der Waals surface area contributed by atoms with Gasteiger partial charge in [-0.1, -0.05) is 82.7 Å². The summed E-state index contributed by atoms with van der Waals surface area (Å²) >= 11 is 3.62. The summed E-state index contributed by atoms with van der Waals surface area (Å²) in [7, 11) is 0. The minimum atomic E-state index is 0.852. The predicted octanol–water partition coefficient (Wildman–Crippen LogP) is 7.20. The highest BCUT2D eigenvalue weighted by atomic mass is 79.9. The molecule has 0 saturated carbocycles. The molecule has 4 aromatic rings. The Balaban J connectivity index is 1.99. The van der Waals surface area contributed by atoms with Gasteiger partial charge < -0.3 is 4.90 Å². The second kappa shape index (κ2) is 7.12. The van der Waals surface area contributed by atoms with Crippen LogP contribution in [0.4, 0.5) is 17.1 Å². The van der Waals surface area contributed by atoms with Crippen molar-refractivity contribution in [1.29, 1.82) is 0 Å². The van der Waals surface area contributed by atoms with Crippen LogP contribution in [-0.4, -0.2) is 0 Å². The molecule has 0 unspecified atom stereocenters. The van der Waals surface area contributed by atoms with E-state index in [4.69, 9.17) is 0 Å². The van der Waals surface area contributed by atoms with Crippen molar-refractivity contribution in [3.8, 4) is 0 Å². The molecule has 2 heteroatoms. The third-order valence-corrected chi connectivity index (χ3v) is 5.01. The lowest BCUT2D eigenvalue weighted by molar-refractivity contribution is 1.29. The van der Waals surface area contributed by atoms with Gasteiger partial charge in [0, 0.05) is 22.1 Å². The van der Waals surface area contributed by atoms with E-state index in [0.717, 1.165) is 16.7 Å². The molecule has 0 aliphatic carbocycles. The number of hydrogen-bond acceptors (Lipinski definition) is 1. The number of alkyl halides is 1. The van der Waals surface area contributed by atoms with Crippen LogP contribution < -0.4 is 4.90 Å². The normalized spacial score (nSPS) is 10.8. The molecule has 122 valence electrons. The molecular formula is C23H18BrN. The molecule has 0 fully saturated rings. The van der Waals surface area contributed by atoms with E-state index in [-0.39, 0.29) is 0 Å². The number of rotatable bonds is 4. The molecule has 0 aliphatic rings. The fraction of sp³-hybridized carbons (Fsp3) is 0.0435. The van der Waals surface area contributed by atoms with Gasteiger partial charge in [0.05, 0.1) is 5.69 Å². The molecule has 0 saturated heterocycles. The van der Waals surface area contributed by atoms with Crippen molar-refractivity contribution in [3.05, 3.63) is 103 Å². The Morgan fingerprint density at radius 1 is 0.560 bits per heavy atom. The molecule has 0 atom stereocenters. The van der Waals surface area contributed by atoms with Gasteiger partial charge in [-0.05, 0) is 41.3 Å². The van der Waals surface area contributed by atoms with Crippen molar-refractivity contribution >= 4 is 43.8 Å². The first-order valence-corrected chi connectivity index (χ1v) is 9.47. The van der Waals surface area contributed by atoms with Gasteiger partial charge in [-0.25, -0.2) is 0 Å². The highest BCUT2D eigenvalue weighted by Crippen LogP contribution is 2.39. The Morgan fingerprint density at radius 2 is 1.08 bits per heavy atom. The minimum absolute atomic E-state index is 0.852. The molecule has 0 radical (unpaired) electrons. The number of halogens is 1. The van der Waals surface area contributed by atoms with E-state index in [9.17, 15) is 0 Å². The monoisotopic (exact) mass is 387 g/mol. The first-order chi connectivity index (χ1) is 12.4. The lowest BCUT2D eigenvalue weighted by Gasteiger charge is -2.27. The summed E-state index contributed by atoms with van der Waals surface area (Å²) in [6, 6.07) is 34.1. The lowest BCUT2D eigenvalue weighted by atomic mass is 10.0. The van der Waals surface area contributed by atoms with E-state index in [2.05, 4.69) is 118 Å². The SMILES string of the molecule is BrCc1ccc(N(c2ccccc2)c2ccccc2)c2ccccc12. The van der Waals surface area contributed by atoms with E-state index in [1.54, 1.807) is 0 Å². The summed E-state index contributed by atoms with van der Waals surface area (Å²) in [5, 5.41) is 3.39. The summed E-state index contributed by atoms with van der Waals surface area (Å²) in [5.41, 5.74) is 4.81. The van der Waals surface area contributed by atoms with Crippen LogP contribution in [0.2, 0.25) is 0 Å². The van der Waals surface area contributed by atoms with Gasteiger partial charge in [-0.2, -0.15) is 0 Å². The Labute approximate surface area is 156 Å². The molecule has 1 nitrogen and oxygen atoms in total. The Hall–Kier alpha value is -2.58. The van der Waals surface area contributed by atoms with Gasteiger partial charge in [0.25, 0.3) is 0 Å². The molecule has 4 aromatic carbocycles. The number of para-hydroxylation sites is 2. The van der Waals surface area contributed by atoms with Gasteiger partial charge in [0.1, 0.15) is 0 Å². The average molecular weight is 388 g/mol. The molecule has 4 rings (SSSR count). The number of benzene rings is 4. The maximum absolute atomic E-state index is 3.62. The third-order valence-electron chi connectivity index (χ3n) is 4.41. The second-order valence-electron chi connectivity index (χ2n) is 5.93. The quantitative estimate of drug-likeness (QED) is 0.334. The smallest absolute Gasteiger partial charge is 0.0540 e. The van der Waals surface area contributed by atoms with Gasteiger partial charge in [-0.3, -0.25) is 0 Å². The third kappa shape index (κ3) is 3.06. The van der Waals surface area contributed by atoms with Crippen LogP contribution in [0.25, 0.3) is 10.8 Å². The van der Waals surface area contributed by atoms with E-state index >= 15 is 0 Å². The van der Waals surface area contributed by atoms with E-state index in [1.165, 1.54) is 22.0 Å². The standard InChI is InChI=1S/C23H18BrN/c24-17-18-15-16-23(22-14-8-7-13-21(18)22)25(19-9-3-1-4-10-19)20-11-5-2-6-12-20/h1-16H,17H2. The van der Waals surface area contributed by atoms with E-state index in [1.807, 2.05) is 0 Å². The Bertz CT molecular complexity index is 941. The number of hydrogen-bond donors (Lipinski definition) is 0. The summed E-state index contributed by atoms with van der Waals surface area (Å²) in [6.45, 7) is 0. The van der Waals surface area contributed by atoms with Crippen LogP contribution in [0.15, 0.2) is 97.1 Å². The Morgan fingerprint density at radius 3 is 1.64 bits per heavy atom. The van der Waals surface area contributed by atoms with Crippen molar-refractivity contribution in [2.24, 2.45) is 0 Å². The highest BCUT2D eigenvalue weighted by molar-refractivity contribution is 9.08. The lowest BCUT2D eigenvalue weighted by Crippen LogP contribution is -2.10. The number of fused-ring (bicyclic) bond motifs is 1. The summed E-state index contributed by atoms with van der Waals surface area (Å²) in [5.74, 6) is 0. The maximum Gasteiger partial charge on any atom is 0.0540 e. The summed E-state index contributed by atoms with van der Waals surface area (Å²) < 4.78 is 0. The first-order valence-electron chi connectivity index (χ1n) is 8.35. The van der Waals surface area contributed by atoms with Gasteiger partial charge >= 0.3 is 0 Å². The largest absolute Gasteiger partial charge is 0.310 e. The summed E-state index contributed by atoms with van der Waals surface area (Å²) in [4.78, 5) is 2.32. The molecule has 0 aliphatic heterocycles. The predicted molar refractivity (Wildman–Crippen MR) is 111 cm³/mol. The maximum atomic E-state index is 3.62. The molecule has 0 aromatic heterocycles. The van der Waals surface area contributed by atoms with Gasteiger partial charge in [0.15, 0.2) is 0 Å². The van der Waals surface area contributed by atoms with Crippen molar-refractivity contribution in [2.45, 2.75) is 5.33 Å². The average Bonchev–Trinajstić information content (AvgIpc) is 2.70. The van der Waals surface area contributed by atoms with Crippen LogP contribution in [0, 0.1) is 0 Å². The Kier molecular flexibility index (Phi) is 4.53. The van der Waals surface area contributed by atoms with Crippen molar-refractivity contribution in [1.82, 2.24) is 0 Å². The van der Waals surface area contributed by atoms with Crippen LogP contribution >= 0.6 is 15.9 Å².